The van der Waals surface area contributed by atoms with Gasteiger partial charge in [-0.1, -0.05) is 0 Å². The molecule has 1 N–H and O–H groups in total. The van der Waals surface area contributed by atoms with E-state index < -0.39 is 36.8 Å². The predicted molar refractivity (Wildman–Crippen MR) is 79.6 cm³/mol. The highest BCUT2D eigenvalue weighted by molar-refractivity contribution is 7.92. The van der Waals surface area contributed by atoms with Crippen molar-refractivity contribution in [3.63, 3.8) is 0 Å². The third-order valence-electron chi connectivity index (χ3n) is 4.51. The Morgan fingerprint density at radius 1 is 1.00 bits per heavy atom. The molecule has 9 heteroatoms. The SMILES string of the molecule is CN(C(=O)N[C@@]1(C)CCS(=O)(=O)C1)[C@]1(C)CCS(=O)(=O)C1. The van der Waals surface area contributed by atoms with E-state index in [1.165, 1.54) is 4.90 Å². The van der Waals surface area contributed by atoms with E-state index in [0.717, 1.165) is 0 Å². The summed E-state index contributed by atoms with van der Waals surface area (Å²) in [4.78, 5) is 13.7. The quantitative estimate of drug-likeness (QED) is 0.750. The van der Waals surface area contributed by atoms with Gasteiger partial charge in [-0.05, 0) is 26.7 Å². The van der Waals surface area contributed by atoms with Gasteiger partial charge < -0.3 is 10.2 Å². The zero-order valence-electron chi connectivity index (χ0n) is 12.5. The second-order valence-corrected chi connectivity index (χ2v) is 11.1. The van der Waals surface area contributed by atoms with Crippen molar-refractivity contribution < 1.29 is 21.6 Å². The summed E-state index contributed by atoms with van der Waals surface area (Å²) in [5.41, 5.74) is -1.52. The van der Waals surface area contributed by atoms with Crippen molar-refractivity contribution in [1.82, 2.24) is 10.2 Å². The molecule has 2 rings (SSSR count). The largest absolute Gasteiger partial charge is 0.332 e. The van der Waals surface area contributed by atoms with Gasteiger partial charge in [0, 0.05) is 7.05 Å². The monoisotopic (exact) mass is 338 g/mol. The van der Waals surface area contributed by atoms with Gasteiger partial charge in [0.05, 0.1) is 34.1 Å². The Kier molecular flexibility index (Phi) is 3.81. The number of sulfone groups is 2. The fourth-order valence-electron chi connectivity index (χ4n) is 2.95. The summed E-state index contributed by atoms with van der Waals surface area (Å²) < 4.78 is 46.4. The minimum absolute atomic E-state index is 0.0566. The van der Waals surface area contributed by atoms with Gasteiger partial charge in [0.1, 0.15) is 0 Å². The Labute approximate surface area is 125 Å². The van der Waals surface area contributed by atoms with Crippen LogP contribution in [0.5, 0.6) is 0 Å². The van der Waals surface area contributed by atoms with Crippen molar-refractivity contribution in [2.24, 2.45) is 0 Å². The lowest BCUT2D eigenvalue weighted by Crippen LogP contribution is -2.57. The summed E-state index contributed by atoms with van der Waals surface area (Å²) >= 11 is 0. The number of urea groups is 1. The minimum Gasteiger partial charge on any atom is -0.332 e. The molecule has 2 aliphatic rings. The highest BCUT2D eigenvalue weighted by atomic mass is 32.2. The zero-order chi connectivity index (χ0) is 16.1. The molecule has 2 saturated heterocycles. The van der Waals surface area contributed by atoms with E-state index in [4.69, 9.17) is 0 Å². The first-order valence-corrected chi connectivity index (χ1v) is 10.5. The molecule has 0 aliphatic carbocycles. The molecule has 7 nitrogen and oxygen atoms in total. The number of nitrogens with zero attached hydrogens (tertiary/aromatic N) is 1. The molecule has 0 bridgehead atoms. The van der Waals surface area contributed by atoms with Crippen LogP contribution in [0.2, 0.25) is 0 Å². The van der Waals surface area contributed by atoms with E-state index in [1.54, 1.807) is 20.9 Å². The zero-order valence-corrected chi connectivity index (χ0v) is 14.2. The predicted octanol–water partition coefficient (Wildman–Crippen LogP) is -0.218. The van der Waals surface area contributed by atoms with Crippen molar-refractivity contribution >= 4 is 25.7 Å². The van der Waals surface area contributed by atoms with Crippen LogP contribution in [0.1, 0.15) is 26.7 Å². The summed E-state index contributed by atoms with van der Waals surface area (Å²) in [6, 6.07) is -0.422. The fourth-order valence-corrected chi connectivity index (χ4v) is 7.23. The Balaban J connectivity index is 2.08. The maximum Gasteiger partial charge on any atom is 0.318 e. The number of rotatable bonds is 2. The van der Waals surface area contributed by atoms with Crippen molar-refractivity contribution in [1.29, 1.82) is 0 Å². The highest BCUT2D eigenvalue weighted by Gasteiger charge is 2.45. The minimum atomic E-state index is -3.11. The van der Waals surface area contributed by atoms with Crippen LogP contribution in [0.3, 0.4) is 0 Å². The number of carbonyl (C=O) groups is 1. The molecule has 0 aromatic carbocycles. The van der Waals surface area contributed by atoms with Crippen LogP contribution >= 0.6 is 0 Å². The van der Waals surface area contributed by atoms with E-state index in [-0.39, 0.29) is 23.0 Å². The van der Waals surface area contributed by atoms with Crippen LogP contribution < -0.4 is 5.32 Å². The number of nitrogens with one attached hydrogen (secondary N) is 1. The molecular formula is C12H22N2O5S2. The molecule has 122 valence electrons. The van der Waals surface area contributed by atoms with Crippen molar-refractivity contribution in [3.8, 4) is 0 Å². The van der Waals surface area contributed by atoms with Crippen LogP contribution in [0.4, 0.5) is 4.79 Å². The summed E-state index contributed by atoms with van der Waals surface area (Å²) in [7, 11) is -4.66. The highest BCUT2D eigenvalue weighted by Crippen LogP contribution is 2.29. The lowest BCUT2D eigenvalue weighted by Gasteiger charge is -2.37. The normalized spacial score (nSPS) is 37.3. The van der Waals surface area contributed by atoms with Gasteiger partial charge >= 0.3 is 6.03 Å². The molecule has 0 radical (unpaired) electrons. The van der Waals surface area contributed by atoms with Crippen LogP contribution in [0.15, 0.2) is 0 Å². The average Bonchev–Trinajstić information content (AvgIpc) is 2.75. The lowest BCUT2D eigenvalue weighted by atomic mass is 9.99. The van der Waals surface area contributed by atoms with Gasteiger partial charge in [-0.15, -0.1) is 0 Å². The third-order valence-corrected chi connectivity index (χ3v) is 8.30. The molecular weight excluding hydrogens is 316 g/mol. The van der Waals surface area contributed by atoms with Gasteiger partial charge in [-0.25, -0.2) is 21.6 Å². The van der Waals surface area contributed by atoms with E-state index in [2.05, 4.69) is 5.32 Å². The molecule has 0 aromatic heterocycles. The molecule has 21 heavy (non-hydrogen) atoms. The first kappa shape index (κ1) is 16.5. The van der Waals surface area contributed by atoms with Crippen molar-refractivity contribution in [2.75, 3.05) is 30.1 Å². The molecule has 0 unspecified atom stereocenters. The maximum atomic E-state index is 12.3. The van der Waals surface area contributed by atoms with Gasteiger partial charge in [0.2, 0.25) is 0 Å². The summed E-state index contributed by atoms with van der Waals surface area (Å²) in [5.74, 6) is 0.0133. The van der Waals surface area contributed by atoms with Crippen LogP contribution in [-0.4, -0.2) is 68.9 Å². The maximum absolute atomic E-state index is 12.3. The molecule has 2 fully saturated rings. The average molecular weight is 338 g/mol. The van der Waals surface area contributed by atoms with Crippen molar-refractivity contribution in [3.05, 3.63) is 0 Å². The molecule has 2 atom stereocenters. The summed E-state index contributed by atoms with van der Waals surface area (Å²) in [6.45, 7) is 3.45. The number of hydrogen-bond acceptors (Lipinski definition) is 5. The van der Waals surface area contributed by atoms with E-state index in [1.807, 2.05) is 0 Å². The molecule has 0 aromatic rings. The van der Waals surface area contributed by atoms with E-state index in [9.17, 15) is 21.6 Å². The van der Waals surface area contributed by atoms with E-state index in [0.29, 0.717) is 12.8 Å². The number of hydrogen-bond donors (Lipinski definition) is 1. The smallest absolute Gasteiger partial charge is 0.318 e. The van der Waals surface area contributed by atoms with Gasteiger partial charge in [0.25, 0.3) is 0 Å². The standard InChI is InChI=1S/C12H22N2O5S2/c1-11(4-6-20(16,17)8-11)13-10(15)14(3)12(2)5-7-21(18,19)9-12/h4-9H2,1-3H3,(H,13,15)/t11-,12+/m0/s1. The Bertz CT molecular complexity index is 657. The van der Waals surface area contributed by atoms with Gasteiger partial charge in [0.15, 0.2) is 19.7 Å². The Morgan fingerprint density at radius 2 is 1.52 bits per heavy atom. The number of carbonyl (C=O) groups excluding carboxylic acids is 1. The van der Waals surface area contributed by atoms with Gasteiger partial charge in [-0.3, -0.25) is 0 Å². The summed E-state index contributed by atoms with van der Waals surface area (Å²) in [6.07, 6.45) is 0.776. The topological polar surface area (TPSA) is 101 Å². The summed E-state index contributed by atoms with van der Waals surface area (Å²) in [5, 5.41) is 2.75. The molecule has 2 aliphatic heterocycles. The molecule has 0 spiro atoms. The van der Waals surface area contributed by atoms with Crippen LogP contribution in [-0.2, 0) is 19.7 Å². The second kappa shape index (κ2) is 4.84. The first-order valence-electron chi connectivity index (χ1n) is 6.83. The third kappa shape index (κ3) is 3.50. The number of amides is 2. The van der Waals surface area contributed by atoms with Crippen LogP contribution in [0, 0.1) is 0 Å². The molecule has 2 heterocycles. The Hall–Kier alpha value is -0.830. The van der Waals surface area contributed by atoms with Crippen molar-refractivity contribution in [2.45, 2.75) is 37.8 Å². The van der Waals surface area contributed by atoms with Gasteiger partial charge in [-0.2, -0.15) is 0 Å². The first-order chi connectivity index (χ1) is 9.37. The second-order valence-electron chi connectivity index (χ2n) is 6.73. The fraction of sp³-hybridized carbons (Fsp3) is 0.917. The molecule has 0 saturated carbocycles. The molecule has 2 amide bonds. The van der Waals surface area contributed by atoms with Crippen LogP contribution in [0.25, 0.3) is 0 Å². The lowest BCUT2D eigenvalue weighted by molar-refractivity contribution is 0.151. The van der Waals surface area contributed by atoms with E-state index >= 15 is 0 Å². The Morgan fingerprint density at radius 3 is 1.95 bits per heavy atom.